The Labute approximate surface area is 246 Å². The van der Waals surface area contributed by atoms with Crippen molar-refractivity contribution < 1.29 is 24.2 Å². The molecule has 1 aromatic carbocycles. The average Bonchev–Trinajstić information content (AvgIpc) is 3.68. The van der Waals surface area contributed by atoms with Gasteiger partial charge in [0.1, 0.15) is 12.1 Å². The molecule has 4 saturated heterocycles. The highest BCUT2D eigenvalue weighted by atomic mass is 16.7. The van der Waals surface area contributed by atoms with Gasteiger partial charge in [-0.1, -0.05) is 46.2 Å². The Morgan fingerprint density at radius 2 is 2.05 bits per heavy atom. The van der Waals surface area contributed by atoms with Crippen LogP contribution in [0.4, 0.5) is 0 Å². The first kappa shape index (κ1) is 27.9. The molecule has 5 aliphatic rings. The highest BCUT2D eigenvalue weighted by Crippen LogP contribution is 2.49. The van der Waals surface area contributed by atoms with E-state index < -0.39 is 35.5 Å². The number of aromatic nitrogens is 1. The van der Waals surface area contributed by atoms with E-state index in [2.05, 4.69) is 46.6 Å². The first-order valence-electron chi connectivity index (χ1n) is 15.7. The van der Waals surface area contributed by atoms with E-state index in [1.807, 2.05) is 27.7 Å². The van der Waals surface area contributed by atoms with Crippen LogP contribution in [0.1, 0.15) is 70.4 Å². The molecule has 42 heavy (non-hydrogen) atoms. The average molecular weight is 578 g/mol. The summed E-state index contributed by atoms with van der Waals surface area (Å²) in [7, 11) is 2.07. The van der Waals surface area contributed by atoms with Crippen LogP contribution in [0.5, 0.6) is 0 Å². The summed E-state index contributed by atoms with van der Waals surface area (Å²) in [5.74, 6) is -3.79. The molecular formula is C32H43N5O5. The SMILES string of the molecule is CC[C@@H](C)[C@H]1C(=O)N2CCCC2[C@]2(O)O[C@](NC(=O)[C@@H]3C[C@@H]4c5cccc6[nH]cc(c56)C[C@H]4N(C)C3)(C(C)C)C(=O)N12. The Kier molecular flexibility index (Phi) is 6.32. The number of benzene rings is 1. The summed E-state index contributed by atoms with van der Waals surface area (Å²) in [4.78, 5) is 51.0. The Hall–Kier alpha value is -2.95. The highest BCUT2D eigenvalue weighted by molar-refractivity contribution is 5.98. The molecule has 8 atom stereocenters. The number of amides is 3. The first-order valence-corrected chi connectivity index (χ1v) is 15.7. The molecule has 4 aliphatic heterocycles. The normalized spacial score (nSPS) is 36.8. The van der Waals surface area contributed by atoms with Crippen LogP contribution in [0.15, 0.2) is 24.4 Å². The fraction of sp³-hybridized carbons (Fsp3) is 0.656. The van der Waals surface area contributed by atoms with Gasteiger partial charge in [-0.15, -0.1) is 0 Å². The molecule has 0 radical (unpaired) electrons. The van der Waals surface area contributed by atoms with Crippen LogP contribution in [-0.4, -0.2) is 92.4 Å². The lowest BCUT2D eigenvalue weighted by Gasteiger charge is -2.50. The van der Waals surface area contributed by atoms with Crippen LogP contribution in [0.25, 0.3) is 10.9 Å². The summed E-state index contributed by atoms with van der Waals surface area (Å²) < 4.78 is 6.47. The number of hydrogen-bond donors (Lipinski definition) is 3. The minimum atomic E-state index is -1.99. The van der Waals surface area contributed by atoms with Crippen LogP contribution in [-0.2, 0) is 25.5 Å². The van der Waals surface area contributed by atoms with Crippen molar-refractivity contribution >= 4 is 28.6 Å². The molecule has 0 saturated carbocycles. The number of likely N-dealkylation sites (N-methyl/N-ethyl adjacent to an activating group) is 1. The zero-order valence-corrected chi connectivity index (χ0v) is 25.2. The summed E-state index contributed by atoms with van der Waals surface area (Å²) in [6.45, 7) is 8.63. The number of nitrogens with zero attached hydrogens (tertiary/aromatic N) is 3. The van der Waals surface area contributed by atoms with Crippen molar-refractivity contribution in [3.05, 3.63) is 35.5 Å². The van der Waals surface area contributed by atoms with Gasteiger partial charge in [0.25, 0.3) is 11.8 Å². The molecule has 1 unspecified atom stereocenters. The van der Waals surface area contributed by atoms with Gasteiger partial charge in [-0.05, 0) is 55.8 Å². The van der Waals surface area contributed by atoms with Gasteiger partial charge in [0, 0.05) is 48.1 Å². The predicted octanol–water partition coefficient (Wildman–Crippen LogP) is 2.52. The standard InChI is InChI=1S/C32H43N5O5/c1-6-18(4)27-29(39)36-12-8-11-25(36)32(41)37(27)30(40)31(42-32,17(2)3)34-28(38)20-13-22-21-9-7-10-23-26(21)19(15-33-23)14-24(22)35(5)16-20/h7,9-10,15,17-18,20,22,24-25,27,33,41H,6,8,11-14,16H2,1-5H3,(H,34,38)/t18-,20-,22-,24-,25?,27+,31-,32+/m1/s1. The smallest absolute Gasteiger partial charge is 0.281 e. The van der Waals surface area contributed by atoms with Gasteiger partial charge < -0.3 is 25.2 Å². The van der Waals surface area contributed by atoms with Gasteiger partial charge in [0.15, 0.2) is 0 Å². The van der Waals surface area contributed by atoms with Crippen LogP contribution in [0.2, 0.25) is 0 Å². The summed E-state index contributed by atoms with van der Waals surface area (Å²) in [6.07, 6.45) is 5.60. The topological polar surface area (TPSA) is 118 Å². The third-order valence-electron chi connectivity index (χ3n) is 11.1. The van der Waals surface area contributed by atoms with Crippen molar-refractivity contribution in [3.63, 3.8) is 0 Å². The van der Waals surface area contributed by atoms with Gasteiger partial charge in [0.05, 0.1) is 5.92 Å². The minimum Gasteiger partial charge on any atom is -0.361 e. The number of piperidine rings is 1. The van der Waals surface area contributed by atoms with E-state index in [-0.39, 0.29) is 35.6 Å². The van der Waals surface area contributed by atoms with Crippen LogP contribution in [0, 0.1) is 17.8 Å². The number of ether oxygens (including phenoxy) is 1. The second-order valence-corrected chi connectivity index (χ2v) is 13.7. The zero-order valence-electron chi connectivity index (χ0n) is 25.2. The van der Waals surface area contributed by atoms with E-state index in [9.17, 15) is 19.5 Å². The summed E-state index contributed by atoms with van der Waals surface area (Å²) in [5, 5.41) is 16.5. The predicted molar refractivity (Wildman–Crippen MR) is 156 cm³/mol. The molecule has 10 nitrogen and oxygen atoms in total. The second kappa shape index (κ2) is 9.53. The third kappa shape index (κ3) is 3.64. The van der Waals surface area contributed by atoms with Crippen molar-refractivity contribution in [1.29, 1.82) is 0 Å². The number of fused-ring (bicyclic) bond motifs is 5. The van der Waals surface area contributed by atoms with Crippen LogP contribution < -0.4 is 5.32 Å². The molecule has 3 amide bonds. The number of aromatic amines is 1. The zero-order chi connectivity index (χ0) is 29.7. The van der Waals surface area contributed by atoms with Gasteiger partial charge >= 0.3 is 0 Å². The Bertz CT molecular complexity index is 1460. The lowest BCUT2D eigenvalue weighted by atomic mass is 9.72. The van der Waals surface area contributed by atoms with E-state index in [1.165, 1.54) is 21.4 Å². The van der Waals surface area contributed by atoms with Gasteiger partial charge in [0.2, 0.25) is 17.5 Å². The minimum absolute atomic E-state index is 0.144. The second-order valence-electron chi connectivity index (χ2n) is 13.7. The number of aliphatic hydroxyl groups is 1. The number of rotatable bonds is 5. The number of carbonyl (C=O) groups excluding carboxylic acids is 3. The number of carbonyl (C=O) groups is 3. The van der Waals surface area contributed by atoms with Crippen molar-refractivity contribution in [2.45, 2.75) is 95.5 Å². The van der Waals surface area contributed by atoms with Gasteiger partial charge in [-0.25, -0.2) is 0 Å². The molecule has 226 valence electrons. The van der Waals surface area contributed by atoms with E-state index in [0.717, 1.165) is 18.4 Å². The molecule has 1 aromatic heterocycles. The van der Waals surface area contributed by atoms with Crippen molar-refractivity contribution in [2.75, 3.05) is 20.1 Å². The number of nitrogens with one attached hydrogen (secondary N) is 2. The Balaban J connectivity index is 1.21. The molecule has 10 heteroatoms. The maximum Gasteiger partial charge on any atom is 0.281 e. The fourth-order valence-corrected chi connectivity index (χ4v) is 8.64. The van der Waals surface area contributed by atoms with E-state index in [4.69, 9.17) is 4.74 Å². The summed E-state index contributed by atoms with van der Waals surface area (Å²) in [6, 6.07) is 5.12. The molecular weight excluding hydrogens is 534 g/mol. The summed E-state index contributed by atoms with van der Waals surface area (Å²) >= 11 is 0. The molecule has 0 spiro atoms. The van der Waals surface area contributed by atoms with Crippen molar-refractivity contribution in [1.82, 2.24) is 25.0 Å². The fourth-order valence-electron chi connectivity index (χ4n) is 8.64. The maximum atomic E-state index is 14.5. The maximum absolute atomic E-state index is 14.5. The molecule has 2 aromatic rings. The van der Waals surface area contributed by atoms with Crippen LogP contribution >= 0.6 is 0 Å². The largest absolute Gasteiger partial charge is 0.361 e. The molecule has 7 rings (SSSR count). The van der Waals surface area contributed by atoms with Gasteiger partial charge in [-0.3, -0.25) is 24.0 Å². The first-order chi connectivity index (χ1) is 20.0. The van der Waals surface area contributed by atoms with E-state index in [0.29, 0.717) is 32.4 Å². The van der Waals surface area contributed by atoms with Crippen molar-refractivity contribution in [2.24, 2.45) is 17.8 Å². The molecule has 5 heterocycles. The summed E-state index contributed by atoms with van der Waals surface area (Å²) in [5.41, 5.74) is 1.93. The number of hydrogen-bond acceptors (Lipinski definition) is 6. The van der Waals surface area contributed by atoms with Gasteiger partial charge in [-0.2, -0.15) is 0 Å². The van der Waals surface area contributed by atoms with E-state index in [1.54, 1.807) is 4.90 Å². The number of piperazine rings is 1. The number of H-pyrrole nitrogens is 1. The Morgan fingerprint density at radius 1 is 1.26 bits per heavy atom. The molecule has 4 fully saturated rings. The monoisotopic (exact) mass is 577 g/mol. The highest BCUT2D eigenvalue weighted by Gasteiger charge is 2.72. The van der Waals surface area contributed by atoms with E-state index >= 15 is 0 Å². The Morgan fingerprint density at radius 3 is 2.79 bits per heavy atom. The van der Waals surface area contributed by atoms with Crippen molar-refractivity contribution in [3.8, 4) is 0 Å². The van der Waals surface area contributed by atoms with Crippen LogP contribution in [0.3, 0.4) is 0 Å². The quantitative estimate of drug-likeness (QED) is 0.503. The number of likely N-dealkylation sites (tertiary alicyclic amines) is 1. The lowest BCUT2D eigenvalue weighted by molar-refractivity contribution is -0.324. The molecule has 0 bridgehead atoms. The molecule has 1 aliphatic carbocycles. The lowest BCUT2D eigenvalue weighted by Crippen LogP contribution is -2.72. The third-order valence-corrected chi connectivity index (χ3v) is 11.1. The molecule has 3 N–H and O–H groups in total.